The highest BCUT2D eigenvalue weighted by Gasteiger charge is 2.10. The van der Waals surface area contributed by atoms with Gasteiger partial charge in [0.05, 0.1) is 18.1 Å². The van der Waals surface area contributed by atoms with Gasteiger partial charge in [0.2, 0.25) is 0 Å². The second kappa shape index (κ2) is 6.51. The molecule has 2 rings (SSSR count). The van der Waals surface area contributed by atoms with Gasteiger partial charge < -0.3 is 9.47 Å². The van der Waals surface area contributed by atoms with Gasteiger partial charge in [0.25, 0.3) is 5.69 Å². The molecule has 0 atom stereocenters. The molecule has 0 aliphatic carbocycles. The van der Waals surface area contributed by atoms with Crippen LogP contribution in [-0.4, -0.2) is 18.3 Å². The standard InChI is InChI=1S/C15H13NO5/c1-20-15-7-12(6-13(8-15)16(18)19)10-21-14-4-2-11(9-17)3-5-14/h2-9H,10H2,1H3. The average molecular weight is 287 g/mol. The van der Waals surface area contributed by atoms with Gasteiger partial charge in [-0.3, -0.25) is 14.9 Å². The van der Waals surface area contributed by atoms with Crippen molar-refractivity contribution in [3.63, 3.8) is 0 Å². The number of ether oxygens (including phenoxy) is 2. The van der Waals surface area contributed by atoms with Crippen molar-refractivity contribution in [1.29, 1.82) is 0 Å². The summed E-state index contributed by atoms with van der Waals surface area (Å²) in [4.78, 5) is 20.9. The van der Waals surface area contributed by atoms with Gasteiger partial charge in [0.15, 0.2) is 0 Å². The van der Waals surface area contributed by atoms with E-state index in [1.54, 1.807) is 30.3 Å². The zero-order chi connectivity index (χ0) is 15.2. The fourth-order valence-electron chi connectivity index (χ4n) is 1.76. The van der Waals surface area contributed by atoms with Crippen LogP contribution >= 0.6 is 0 Å². The Balaban J connectivity index is 2.12. The van der Waals surface area contributed by atoms with Crippen LogP contribution in [0.4, 0.5) is 5.69 Å². The molecule has 2 aromatic rings. The summed E-state index contributed by atoms with van der Waals surface area (Å²) in [5, 5.41) is 10.8. The molecule has 6 nitrogen and oxygen atoms in total. The van der Waals surface area contributed by atoms with Crippen molar-refractivity contribution in [3.8, 4) is 11.5 Å². The van der Waals surface area contributed by atoms with E-state index in [0.717, 1.165) is 6.29 Å². The maximum atomic E-state index is 10.8. The largest absolute Gasteiger partial charge is 0.496 e. The van der Waals surface area contributed by atoms with E-state index in [0.29, 0.717) is 22.6 Å². The lowest BCUT2D eigenvalue weighted by Gasteiger charge is -2.08. The predicted molar refractivity (Wildman–Crippen MR) is 75.8 cm³/mol. The molecule has 108 valence electrons. The van der Waals surface area contributed by atoms with Crippen LogP contribution in [0.15, 0.2) is 42.5 Å². The SMILES string of the molecule is COc1cc(COc2ccc(C=O)cc2)cc([N+](=O)[O-])c1. The lowest BCUT2D eigenvalue weighted by atomic mass is 10.2. The van der Waals surface area contributed by atoms with Gasteiger partial charge in [-0.15, -0.1) is 0 Å². The molecule has 0 aliphatic heterocycles. The number of rotatable bonds is 6. The van der Waals surface area contributed by atoms with E-state index in [1.807, 2.05) is 0 Å². The molecule has 6 heteroatoms. The molecule has 21 heavy (non-hydrogen) atoms. The van der Waals surface area contributed by atoms with Crippen LogP contribution in [0.1, 0.15) is 15.9 Å². The first-order valence-corrected chi connectivity index (χ1v) is 6.13. The smallest absolute Gasteiger partial charge is 0.273 e. The molecule has 0 aromatic heterocycles. The highest BCUT2D eigenvalue weighted by atomic mass is 16.6. The van der Waals surface area contributed by atoms with E-state index < -0.39 is 4.92 Å². The minimum atomic E-state index is -0.481. The predicted octanol–water partition coefficient (Wildman–Crippen LogP) is 2.99. The fraction of sp³-hybridized carbons (Fsp3) is 0.133. The number of nitro benzene ring substituents is 1. The van der Waals surface area contributed by atoms with Gasteiger partial charge in [-0.25, -0.2) is 0 Å². The molecule has 0 amide bonds. The monoisotopic (exact) mass is 287 g/mol. The number of hydrogen-bond donors (Lipinski definition) is 0. The van der Waals surface area contributed by atoms with Crippen LogP contribution in [0.25, 0.3) is 0 Å². The van der Waals surface area contributed by atoms with E-state index >= 15 is 0 Å². The summed E-state index contributed by atoms with van der Waals surface area (Å²) in [6, 6.07) is 11.1. The van der Waals surface area contributed by atoms with Crippen LogP contribution < -0.4 is 9.47 Å². The molecule has 0 bridgehead atoms. The Hall–Kier alpha value is -2.89. The van der Waals surface area contributed by atoms with Crippen molar-refractivity contribution in [2.45, 2.75) is 6.61 Å². The van der Waals surface area contributed by atoms with Gasteiger partial charge >= 0.3 is 0 Å². The van der Waals surface area contributed by atoms with Gasteiger partial charge in [0.1, 0.15) is 24.4 Å². The molecule has 0 heterocycles. The van der Waals surface area contributed by atoms with Crippen LogP contribution in [0.3, 0.4) is 0 Å². The highest BCUT2D eigenvalue weighted by Crippen LogP contribution is 2.23. The Bertz CT molecular complexity index is 652. The average Bonchev–Trinajstić information content (AvgIpc) is 2.53. The third-order valence-electron chi connectivity index (χ3n) is 2.82. The third-order valence-corrected chi connectivity index (χ3v) is 2.82. The van der Waals surface area contributed by atoms with Gasteiger partial charge in [-0.05, 0) is 35.9 Å². The van der Waals surface area contributed by atoms with Crippen molar-refractivity contribution in [2.24, 2.45) is 0 Å². The molecule has 0 spiro atoms. The summed E-state index contributed by atoms with van der Waals surface area (Å²) in [6.07, 6.45) is 0.745. The number of nitro groups is 1. The first-order chi connectivity index (χ1) is 10.1. The molecule has 0 fully saturated rings. The summed E-state index contributed by atoms with van der Waals surface area (Å²) in [7, 11) is 1.45. The van der Waals surface area contributed by atoms with E-state index in [1.165, 1.54) is 19.2 Å². The number of methoxy groups -OCH3 is 1. The minimum absolute atomic E-state index is 0.0516. The molecule has 2 aromatic carbocycles. The second-order valence-corrected chi connectivity index (χ2v) is 4.27. The zero-order valence-electron chi connectivity index (χ0n) is 11.3. The van der Waals surface area contributed by atoms with E-state index in [4.69, 9.17) is 9.47 Å². The lowest BCUT2D eigenvalue weighted by Crippen LogP contribution is -1.98. The molecule has 0 radical (unpaired) electrons. The van der Waals surface area contributed by atoms with Gasteiger partial charge in [-0.2, -0.15) is 0 Å². The van der Waals surface area contributed by atoms with E-state index in [9.17, 15) is 14.9 Å². The fourth-order valence-corrected chi connectivity index (χ4v) is 1.76. The maximum absolute atomic E-state index is 10.8. The summed E-state index contributed by atoms with van der Waals surface area (Å²) < 4.78 is 10.6. The van der Waals surface area contributed by atoms with E-state index in [-0.39, 0.29) is 12.3 Å². The Kier molecular flexibility index (Phi) is 4.50. The summed E-state index contributed by atoms with van der Waals surface area (Å²) in [5.41, 5.74) is 1.13. The van der Waals surface area contributed by atoms with Crippen LogP contribution in [0.2, 0.25) is 0 Å². The van der Waals surface area contributed by atoms with Crippen molar-refractivity contribution in [3.05, 3.63) is 63.7 Å². The highest BCUT2D eigenvalue weighted by molar-refractivity contribution is 5.74. The van der Waals surface area contributed by atoms with Crippen LogP contribution in [0, 0.1) is 10.1 Å². The number of carbonyl (C=O) groups is 1. The molecule has 0 unspecified atom stereocenters. The number of nitrogens with zero attached hydrogens (tertiary/aromatic N) is 1. The first-order valence-electron chi connectivity index (χ1n) is 6.13. The number of carbonyl (C=O) groups excluding carboxylic acids is 1. The molecular weight excluding hydrogens is 274 g/mol. The van der Waals surface area contributed by atoms with Crippen LogP contribution in [0.5, 0.6) is 11.5 Å². The molecular formula is C15H13NO5. The van der Waals surface area contributed by atoms with Crippen LogP contribution in [-0.2, 0) is 6.61 Å². The maximum Gasteiger partial charge on any atom is 0.273 e. The number of hydrogen-bond acceptors (Lipinski definition) is 5. The Morgan fingerprint density at radius 3 is 2.43 bits per heavy atom. The van der Waals surface area contributed by atoms with Crippen molar-refractivity contribution in [1.82, 2.24) is 0 Å². The number of benzene rings is 2. The quantitative estimate of drug-likeness (QED) is 0.463. The molecule has 0 saturated carbocycles. The molecule has 0 saturated heterocycles. The minimum Gasteiger partial charge on any atom is -0.496 e. The van der Waals surface area contributed by atoms with Crippen molar-refractivity contribution >= 4 is 12.0 Å². The number of aldehydes is 1. The number of non-ortho nitro benzene ring substituents is 1. The summed E-state index contributed by atoms with van der Waals surface area (Å²) >= 11 is 0. The van der Waals surface area contributed by atoms with Gasteiger partial charge in [-0.1, -0.05) is 0 Å². The normalized spacial score (nSPS) is 9.95. The topological polar surface area (TPSA) is 78.7 Å². The Morgan fingerprint density at radius 2 is 1.86 bits per heavy atom. The molecule has 0 aliphatic rings. The lowest BCUT2D eigenvalue weighted by molar-refractivity contribution is -0.385. The zero-order valence-corrected chi connectivity index (χ0v) is 11.3. The van der Waals surface area contributed by atoms with E-state index in [2.05, 4.69) is 0 Å². The van der Waals surface area contributed by atoms with Crippen molar-refractivity contribution < 1.29 is 19.2 Å². The summed E-state index contributed by atoms with van der Waals surface area (Å²) in [5.74, 6) is 0.977. The second-order valence-electron chi connectivity index (χ2n) is 4.27. The van der Waals surface area contributed by atoms with Crippen molar-refractivity contribution in [2.75, 3.05) is 7.11 Å². The third kappa shape index (κ3) is 3.79. The summed E-state index contributed by atoms with van der Waals surface area (Å²) in [6.45, 7) is 0.165. The molecule has 0 N–H and O–H groups in total. The Morgan fingerprint density at radius 1 is 1.14 bits per heavy atom. The van der Waals surface area contributed by atoms with Gasteiger partial charge in [0, 0.05) is 11.6 Å². The Labute approximate surface area is 121 Å². The first kappa shape index (κ1) is 14.5.